The Labute approximate surface area is 104 Å². The second-order valence-corrected chi connectivity index (χ2v) is 4.54. The van der Waals surface area contributed by atoms with Gasteiger partial charge in [0.2, 0.25) is 0 Å². The van der Waals surface area contributed by atoms with E-state index in [-0.39, 0.29) is 5.56 Å². The van der Waals surface area contributed by atoms with Crippen LogP contribution in [0.4, 0.5) is 17.6 Å². The Morgan fingerprint density at radius 1 is 1.28 bits per heavy atom. The molecule has 0 radical (unpaired) electrons. The Morgan fingerprint density at radius 2 is 2.00 bits per heavy atom. The van der Waals surface area contributed by atoms with Crippen LogP contribution in [-0.4, -0.2) is 4.98 Å². The number of thiazole rings is 1. The molecule has 7 heteroatoms. The van der Waals surface area contributed by atoms with Gasteiger partial charge >= 0.3 is 6.18 Å². The smallest absolute Gasteiger partial charge is 0.320 e. The molecule has 0 aliphatic heterocycles. The molecule has 2 aromatic rings. The highest BCUT2D eigenvalue weighted by molar-refractivity contribution is 7.09. The van der Waals surface area contributed by atoms with Crippen molar-refractivity contribution in [3.63, 3.8) is 0 Å². The SMILES string of the molecule is NC(c1ccc(C(F)(F)F)c(F)c1)c1cncs1. The van der Waals surface area contributed by atoms with E-state index >= 15 is 0 Å². The number of hydrogen-bond donors (Lipinski definition) is 1. The molecule has 96 valence electrons. The van der Waals surface area contributed by atoms with Gasteiger partial charge < -0.3 is 5.73 Å². The minimum absolute atomic E-state index is 0.282. The van der Waals surface area contributed by atoms with Crippen molar-refractivity contribution in [2.24, 2.45) is 5.73 Å². The van der Waals surface area contributed by atoms with Gasteiger partial charge in [-0.05, 0) is 17.7 Å². The average molecular weight is 276 g/mol. The Balaban J connectivity index is 2.35. The summed E-state index contributed by atoms with van der Waals surface area (Å²) in [7, 11) is 0. The second-order valence-electron chi connectivity index (χ2n) is 3.62. The third-order valence-corrected chi connectivity index (χ3v) is 3.27. The van der Waals surface area contributed by atoms with Gasteiger partial charge in [0, 0.05) is 11.1 Å². The lowest BCUT2D eigenvalue weighted by Gasteiger charge is -2.13. The molecular formula is C11H8F4N2S. The second kappa shape index (κ2) is 4.66. The zero-order chi connectivity index (χ0) is 13.3. The number of benzene rings is 1. The number of halogens is 4. The molecule has 0 aliphatic carbocycles. The van der Waals surface area contributed by atoms with Gasteiger partial charge in [-0.25, -0.2) is 4.39 Å². The number of alkyl halides is 3. The normalized spacial score (nSPS) is 13.6. The summed E-state index contributed by atoms with van der Waals surface area (Å²) in [4.78, 5) is 4.47. The molecular weight excluding hydrogens is 268 g/mol. The van der Waals surface area contributed by atoms with Gasteiger partial charge in [0.05, 0.1) is 17.1 Å². The maximum atomic E-state index is 13.4. The number of nitrogens with two attached hydrogens (primary N) is 1. The summed E-state index contributed by atoms with van der Waals surface area (Å²) in [6, 6.07) is 2.02. The van der Waals surface area contributed by atoms with Gasteiger partial charge in [-0.3, -0.25) is 4.98 Å². The van der Waals surface area contributed by atoms with Crippen LogP contribution in [0.3, 0.4) is 0 Å². The molecule has 1 aromatic carbocycles. The molecule has 0 aliphatic rings. The zero-order valence-corrected chi connectivity index (χ0v) is 9.73. The highest BCUT2D eigenvalue weighted by Gasteiger charge is 2.34. The Morgan fingerprint density at radius 3 is 2.50 bits per heavy atom. The Hall–Kier alpha value is -1.47. The third kappa shape index (κ3) is 2.51. The summed E-state index contributed by atoms with van der Waals surface area (Å²) < 4.78 is 50.5. The monoisotopic (exact) mass is 276 g/mol. The van der Waals surface area contributed by atoms with Crippen LogP contribution in [0.2, 0.25) is 0 Å². The standard InChI is InChI=1S/C11H8F4N2S/c12-8-3-6(1-2-7(8)11(13,14)15)10(16)9-4-17-5-18-9/h1-5,10H,16H2. The van der Waals surface area contributed by atoms with E-state index in [1.807, 2.05) is 0 Å². The summed E-state index contributed by atoms with van der Waals surface area (Å²) in [6.45, 7) is 0. The fourth-order valence-electron chi connectivity index (χ4n) is 1.50. The Bertz CT molecular complexity index is 536. The summed E-state index contributed by atoms with van der Waals surface area (Å²) in [6.07, 6.45) is -3.19. The van der Waals surface area contributed by atoms with Crippen molar-refractivity contribution in [3.05, 3.63) is 51.7 Å². The van der Waals surface area contributed by atoms with E-state index in [1.165, 1.54) is 23.6 Å². The molecule has 0 spiro atoms. The van der Waals surface area contributed by atoms with E-state index in [4.69, 9.17) is 5.73 Å². The molecule has 0 saturated heterocycles. The lowest BCUT2D eigenvalue weighted by Crippen LogP contribution is -2.13. The van der Waals surface area contributed by atoms with Crippen LogP contribution in [0.15, 0.2) is 29.9 Å². The van der Waals surface area contributed by atoms with E-state index in [9.17, 15) is 17.6 Å². The third-order valence-electron chi connectivity index (χ3n) is 2.42. The number of nitrogens with zero attached hydrogens (tertiary/aromatic N) is 1. The number of rotatable bonds is 2. The molecule has 2 N–H and O–H groups in total. The van der Waals surface area contributed by atoms with Crippen LogP contribution in [0.25, 0.3) is 0 Å². The van der Waals surface area contributed by atoms with Gasteiger partial charge in [0.15, 0.2) is 0 Å². The van der Waals surface area contributed by atoms with E-state index in [1.54, 1.807) is 5.51 Å². The predicted octanol–water partition coefficient (Wildman–Crippen LogP) is 3.35. The van der Waals surface area contributed by atoms with Crippen molar-refractivity contribution in [1.82, 2.24) is 4.98 Å². The molecule has 0 amide bonds. The van der Waals surface area contributed by atoms with Crippen LogP contribution in [0, 0.1) is 5.82 Å². The number of hydrogen-bond acceptors (Lipinski definition) is 3. The fraction of sp³-hybridized carbons (Fsp3) is 0.182. The van der Waals surface area contributed by atoms with Gasteiger partial charge in [-0.2, -0.15) is 13.2 Å². The van der Waals surface area contributed by atoms with Crippen molar-refractivity contribution >= 4 is 11.3 Å². The molecule has 0 saturated carbocycles. The largest absolute Gasteiger partial charge is 0.419 e. The summed E-state index contributed by atoms with van der Waals surface area (Å²) >= 11 is 1.26. The van der Waals surface area contributed by atoms with Crippen molar-refractivity contribution < 1.29 is 17.6 Å². The van der Waals surface area contributed by atoms with Crippen LogP contribution in [0.5, 0.6) is 0 Å². The van der Waals surface area contributed by atoms with Crippen molar-refractivity contribution in [3.8, 4) is 0 Å². The lowest BCUT2D eigenvalue weighted by atomic mass is 10.0. The van der Waals surface area contributed by atoms with Gasteiger partial charge in [0.1, 0.15) is 5.82 Å². The Kier molecular flexibility index (Phi) is 3.36. The van der Waals surface area contributed by atoms with Crippen molar-refractivity contribution in [2.75, 3.05) is 0 Å². The maximum Gasteiger partial charge on any atom is 0.419 e. The van der Waals surface area contributed by atoms with Crippen molar-refractivity contribution in [1.29, 1.82) is 0 Å². The minimum Gasteiger partial charge on any atom is -0.320 e. The first-order valence-corrected chi connectivity index (χ1v) is 5.78. The highest BCUT2D eigenvalue weighted by atomic mass is 32.1. The van der Waals surface area contributed by atoms with Crippen LogP contribution in [-0.2, 0) is 6.18 Å². The summed E-state index contributed by atoms with van der Waals surface area (Å²) in [5.74, 6) is -1.32. The topological polar surface area (TPSA) is 38.9 Å². The first-order chi connectivity index (χ1) is 8.39. The lowest BCUT2D eigenvalue weighted by molar-refractivity contribution is -0.140. The van der Waals surface area contributed by atoms with E-state index in [0.717, 1.165) is 6.07 Å². The maximum absolute atomic E-state index is 13.4. The van der Waals surface area contributed by atoms with Gasteiger partial charge in [0.25, 0.3) is 0 Å². The summed E-state index contributed by atoms with van der Waals surface area (Å²) in [5.41, 5.74) is 6.36. The van der Waals surface area contributed by atoms with Crippen molar-refractivity contribution in [2.45, 2.75) is 12.2 Å². The van der Waals surface area contributed by atoms with Gasteiger partial charge in [-0.1, -0.05) is 6.07 Å². The molecule has 18 heavy (non-hydrogen) atoms. The number of aromatic nitrogens is 1. The molecule has 0 bridgehead atoms. The van der Waals surface area contributed by atoms with E-state index in [0.29, 0.717) is 10.9 Å². The first kappa shape index (κ1) is 13.0. The molecule has 1 atom stereocenters. The summed E-state index contributed by atoms with van der Waals surface area (Å²) in [5, 5.41) is 0. The molecule has 2 nitrogen and oxygen atoms in total. The van der Waals surface area contributed by atoms with E-state index in [2.05, 4.69) is 4.98 Å². The van der Waals surface area contributed by atoms with Crippen LogP contribution >= 0.6 is 11.3 Å². The zero-order valence-electron chi connectivity index (χ0n) is 8.91. The molecule has 1 heterocycles. The first-order valence-electron chi connectivity index (χ1n) is 4.90. The van der Waals surface area contributed by atoms with Crippen LogP contribution < -0.4 is 5.73 Å². The van der Waals surface area contributed by atoms with E-state index < -0.39 is 23.6 Å². The van der Waals surface area contributed by atoms with Crippen LogP contribution in [0.1, 0.15) is 22.0 Å². The molecule has 0 fully saturated rings. The predicted molar refractivity (Wildman–Crippen MR) is 59.5 cm³/mol. The minimum atomic E-state index is -4.70. The highest BCUT2D eigenvalue weighted by Crippen LogP contribution is 2.33. The average Bonchev–Trinajstić information content (AvgIpc) is 2.79. The molecule has 1 unspecified atom stereocenters. The molecule has 1 aromatic heterocycles. The molecule has 2 rings (SSSR count). The quantitative estimate of drug-likeness (QED) is 0.854. The fourth-order valence-corrected chi connectivity index (χ4v) is 2.15. The van der Waals surface area contributed by atoms with Gasteiger partial charge in [-0.15, -0.1) is 11.3 Å².